The zero-order valence-electron chi connectivity index (χ0n) is 12.6. The van der Waals surface area contributed by atoms with Crippen LogP contribution in [0.5, 0.6) is 0 Å². The van der Waals surface area contributed by atoms with Crippen molar-refractivity contribution in [2.75, 3.05) is 24.5 Å². The van der Waals surface area contributed by atoms with Gasteiger partial charge in [-0.1, -0.05) is 48.6 Å². The molecule has 1 aromatic carbocycles. The van der Waals surface area contributed by atoms with E-state index in [9.17, 15) is 0 Å². The molecule has 1 aliphatic heterocycles. The highest BCUT2D eigenvalue weighted by atomic mass is 32.1. The van der Waals surface area contributed by atoms with E-state index in [1.54, 1.807) is 0 Å². The Balaban J connectivity index is 1.90. The van der Waals surface area contributed by atoms with Crippen LogP contribution in [0.2, 0.25) is 0 Å². The highest BCUT2D eigenvalue weighted by Gasteiger charge is 2.18. The Hall–Kier alpha value is -1.39. The molecule has 1 N–H and O–H groups in total. The molecule has 4 heteroatoms. The van der Waals surface area contributed by atoms with Gasteiger partial charge in [0.1, 0.15) is 0 Å². The van der Waals surface area contributed by atoms with Crippen LogP contribution in [0.3, 0.4) is 0 Å². The Labute approximate surface area is 131 Å². The van der Waals surface area contributed by atoms with Gasteiger partial charge in [-0.25, -0.2) is 4.98 Å². The first-order valence-corrected chi connectivity index (χ1v) is 8.71. The van der Waals surface area contributed by atoms with Gasteiger partial charge in [-0.15, -0.1) is 0 Å². The zero-order chi connectivity index (χ0) is 14.5. The van der Waals surface area contributed by atoms with E-state index in [1.165, 1.54) is 40.5 Å². The molecule has 0 unspecified atom stereocenters. The van der Waals surface area contributed by atoms with E-state index in [1.807, 2.05) is 11.3 Å². The fourth-order valence-electron chi connectivity index (χ4n) is 2.74. The standard InChI is InChI=1S/C17H23N3S/c1-2-18-13-15-16(14-9-5-3-6-10-14)21-17(19-15)20-11-7-4-8-12-20/h3,5-6,9-10,18H,2,4,7-8,11-13H2,1H3. The molecule has 3 nitrogen and oxygen atoms in total. The van der Waals surface area contributed by atoms with E-state index in [4.69, 9.17) is 4.98 Å². The Morgan fingerprint density at radius 2 is 1.90 bits per heavy atom. The Bertz CT molecular complexity index is 559. The van der Waals surface area contributed by atoms with Crippen LogP contribution in [0.15, 0.2) is 30.3 Å². The smallest absolute Gasteiger partial charge is 0.186 e. The molecule has 0 saturated carbocycles. The molecule has 0 atom stereocenters. The molecule has 112 valence electrons. The van der Waals surface area contributed by atoms with Crippen molar-refractivity contribution in [3.8, 4) is 10.4 Å². The van der Waals surface area contributed by atoms with Crippen molar-refractivity contribution in [2.24, 2.45) is 0 Å². The third kappa shape index (κ3) is 3.44. The van der Waals surface area contributed by atoms with E-state index in [0.29, 0.717) is 0 Å². The molecule has 2 aromatic rings. The van der Waals surface area contributed by atoms with Crippen LogP contribution in [-0.4, -0.2) is 24.6 Å². The van der Waals surface area contributed by atoms with Gasteiger partial charge in [0.05, 0.1) is 10.6 Å². The van der Waals surface area contributed by atoms with E-state index >= 15 is 0 Å². The molecule has 0 radical (unpaired) electrons. The SMILES string of the molecule is CCNCc1nc(N2CCCCC2)sc1-c1ccccc1. The second kappa shape index (κ2) is 7.05. The average Bonchev–Trinajstić information content (AvgIpc) is 2.99. The van der Waals surface area contributed by atoms with Gasteiger partial charge in [-0.05, 0) is 31.4 Å². The molecular weight excluding hydrogens is 278 g/mol. The van der Waals surface area contributed by atoms with Gasteiger partial charge >= 0.3 is 0 Å². The van der Waals surface area contributed by atoms with E-state index in [-0.39, 0.29) is 0 Å². The Morgan fingerprint density at radius 3 is 2.62 bits per heavy atom. The summed E-state index contributed by atoms with van der Waals surface area (Å²) in [4.78, 5) is 8.70. The van der Waals surface area contributed by atoms with Crippen molar-refractivity contribution in [3.63, 3.8) is 0 Å². The summed E-state index contributed by atoms with van der Waals surface area (Å²) in [6, 6.07) is 10.6. The monoisotopic (exact) mass is 301 g/mol. The minimum absolute atomic E-state index is 0.852. The van der Waals surface area contributed by atoms with Gasteiger partial charge in [0, 0.05) is 19.6 Å². The minimum atomic E-state index is 0.852. The fraction of sp³-hybridized carbons (Fsp3) is 0.471. The van der Waals surface area contributed by atoms with Gasteiger partial charge < -0.3 is 10.2 Å². The first kappa shape index (κ1) is 14.5. The van der Waals surface area contributed by atoms with Gasteiger partial charge in [0.25, 0.3) is 0 Å². The molecule has 1 fully saturated rings. The number of nitrogens with zero attached hydrogens (tertiary/aromatic N) is 2. The number of anilines is 1. The lowest BCUT2D eigenvalue weighted by Gasteiger charge is -2.25. The molecule has 2 heterocycles. The van der Waals surface area contributed by atoms with Crippen LogP contribution in [0.1, 0.15) is 31.9 Å². The lowest BCUT2D eigenvalue weighted by Crippen LogP contribution is -2.29. The molecule has 21 heavy (non-hydrogen) atoms. The number of benzene rings is 1. The maximum atomic E-state index is 4.93. The molecule has 3 rings (SSSR count). The molecule has 0 amide bonds. The van der Waals surface area contributed by atoms with Gasteiger partial charge in [-0.2, -0.15) is 0 Å². The lowest BCUT2D eigenvalue weighted by molar-refractivity contribution is 0.576. The van der Waals surface area contributed by atoms with Crippen molar-refractivity contribution >= 4 is 16.5 Å². The number of aromatic nitrogens is 1. The van der Waals surface area contributed by atoms with Crippen molar-refractivity contribution in [1.29, 1.82) is 0 Å². The molecule has 1 aliphatic rings. The first-order valence-electron chi connectivity index (χ1n) is 7.89. The number of hydrogen-bond acceptors (Lipinski definition) is 4. The summed E-state index contributed by atoms with van der Waals surface area (Å²) >= 11 is 1.84. The predicted molar refractivity (Wildman–Crippen MR) is 91.0 cm³/mol. The second-order valence-electron chi connectivity index (χ2n) is 5.47. The van der Waals surface area contributed by atoms with Gasteiger partial charge in [0.15, 0.2) is 5.13 Å². The van der Waals surface area contributed by atoms with Gasteiger partial charge in [0.2, 0.25) is 0 Å². The number of piperidine rings is 1. The predicted octanol–water partition coefficient (Wildman–Crippen LogP) is 3.91. The van der Waals surface area contributed by atoms with Crippen LogP contribution in [-0.2, 0) is 6.54 Å². The third-order valence-electron chi connectivity index (χ3n) is 3.89. The van der Waals surface area contributed by atoms with Gasteiger partial charge in [-0.3, -0.25) is 0 Å². The van der Waals surface area contributed by atoms with Crippen LogP contribution in [0, 0.1) is 0 Å². The van der Waals surface area contributed by atoms with Crippen molar-refractivity contribution < 1.29 is 0 Å². The molecule has 1 saturated heterocycles. The summed E-state index contributed by atoms with van der Waals surface area (Å²) < 4.78 is 0. The van der Waals surface area contributed by atoms with E-state index < -0.39 is 0 Å². The molecule has 0 aliphatic carbocycles. The number of thiazole rings is 1. The number of rotatable bonds is 5. The molecular formula is C17H23N3S. The lowest BCUT2D eigenvalue weighted by atomic mass is 10.1. The summed E-state index contributed by atoms with van der Waals surface area (Å²) in [5, 5.41) is 4.61. The zero-order valence-corrected chi connectivity index (χ0v) is 13.5. The highest BCUT2D eigenvalue weighted by molar-refractivity contribution is 7.19. The third-order valence-corrected chi connectivity index (χ3v) is 5.10. The summed E-state index contributed by atoms with van der Waals surface area (Å²) in [5.41, 5.74) is 2.47. The van der Waals surface area contributed by atoms with Crippen molar-refractivity contribution in [1.82, 2.24) is 10.3 Å². The highest BCUT2D eigenvalue weighted by Crippen LogP contribution is 2.35. The molecule has 0 bridgehead atoms. The van der Waals surface area contributed by atoms with Crippen LogP contribution < -0.4 is 10.2 Å². The maximum absolute atomic E-state index is 4.93. The summed E-state index contributed by atoms with van der Waals surface area (Å²) in [6.07, 6.45) is 3.95. The van der Waals surface area contributed by atoms with Crippen LogP contribution in [0.25, 0.3) is 10.4 Å². The van der Waals surface area contributed by atoms with Crippen molar-refractivity contribution in [3.05, 3.63) is 36.0 Å². The molecule has 1 aromatic heterocycles. The Kier molecular flexibility index (Phi) is 4.88. The maximum Gasteiger partial charge on any atom is 0.186 e. The number of hydrogen-bond donors (Lipinski definition) is 1. The van der Waals surface area contributed by atoms with E-state index in [2.05, 4.69) is 47.5 Å². The first-order chi connectivity index (χ1) is 10.4. The Morgan fingerprint density at radius 1 is 1.14 bits per heavy atom. The molecule has 0 spiro atoms. The quantitative estimate of drug-likeness (QED) is 0.907. The summed E-state index contributed by atoms with van der Waals surface area (Å²) in [5.74, 6) is 0. The average molecular weight is 301 g/mol. The summed E-state index contributed by atoms with van der Waals surface area (Å²) in [7, 11) is 0. The van der Waals surface area contributed by atoms with Crippen molar-refractivity contribution in [2.45, 2.75) is 32.7 Å². The fourth-order valence-corrected chi connectivity index (χ4v) is 3.88. The van der Waals surface area contributed by atoms with E-state index in [0.717, 1.165) is 26.2 Å². The summed E-state index contributed by atoms with van der Waals surface area (Å²) in [6.45, 7) is 6.28. The normalized spacial score (nSPS) is 15.4. The number of nitrogens with one attached hydrogen (secondary N) is 1. The second-order valence-corrected chi connectivity index (χ2v) is 6.44. The van der Waals surface area contributed by atoms with Crippen LogP contribution in [0.4, 0.5) is 5.13 Å². The topological polar surface area (TPSA) is 28.2 Å². The van der Waals surface area contributed by atoms with Crippen LogP contribution >= 0.6 is 11.3 Å². The largest absolute Gasteiger partial charge is 0.348 e. The minimum Gasteiger partial charge on any atom is -0.348 e.